The second-order valence-electron chi connectivity index (χ2n) is 4.72. The van der Waals surface area contributed by atoms with Crippen molar-refractivity contribution in [3.63, 3.8) is 0 Å². The van der Waals surface area contributed by atoms with Crippen LogP contribution in [0.25, 0.3) is 5.65 Å². The Morgan fingerprint density at radius 1 is 1.23 bits per heavy atom. The predicted molar refractivity (Wildman–Crippen MR) is 70.1 cm³/mol. The molecule has 0 aliphatic carbocycles. The number of hydrogen-bond donors (Lipinski definition) is 1. The van der Waals surface area contributed by atoms with E-state index in [4.69, 9.17) is 5.11 Å². The molecule has 3 aromatic rings. The molecule has 0 amide bonds. The fourth-order valence-electron chi connectivity index (χ4n) is 2.27. The third-order valence-electron chi connectivity index (χ3n) is 3.19. The van der Waals surface area contributed by atoms with E-state index in [9.17, 15) is 13.2 Å². The van der Waals surface area contributed by atoms with Gasteiger partial charge in [0.25, 0.3) is 0 Å². The summed E-state index contributed by atoms with van der Waals surface area (Å²) in [5, 5.41) is 16.5. The summed E-state index contributed by atoms with van der Waals surface area (Å²) in [5.74, 6) is 0. The van der Waals surface area contributed by atoms with Gasteiger partial charge in [-0.3, -0.25) is 4.68 Å². The third-order valence-corrected chi connectivity index (χ3v) is 3.19. The molecule has 3 heterocycles. The lowest BCUT2D eigenvalue weighted by atomic mass is 10.2. The molecule has 3 aromatic heterocycles. The summed E-state index contributed by atoms with van der Waals surface area (Å²) < 4.78 is 41.6. The maximum atomic E-state index is 12.9. The molecule has 0 spiro atoms. The van der Waals surface area contributed by atoms with Crippen LogP contribution in [0.15, 0.2) is 30.7 Å². The maximum Gasteiger partial charge on any atom is 0.435 e. The first kappa shape index (κ1) is 14.5. The van der Waals surface area contributed by atoms with E-state index >= 15 is 0 Å². The number of halogens is 3. The summed E-state index contributed by atoms with van der Waals surface area (Å²) >= 11 is 0. The molecule has 3 rings (SSSR count). The number of fused-ring (bicyclic) bond motifs is 1. The number of alkyl halides is 3. The zero-order chi connectivity index (χ0) is 15.7. The minimum absolute atomic E-state index is 0.0271. The molecule has 22 heavy (non-hydrogen) atoms. The number of hydrogen-bond acceptors (Lipinski definition) is 4. The molecule has 9 heteroatoms. The zero-order valence-corrected chi connectivity index (χ0v) is 11.3. The van der Waals surface area contributed by atoms with E-state index in [1.807, 2.05) is 0 Å². The van der Waals surface area contributed by atoms with Crippen molar-refractivity contribution in [2.75, 3.05) is 6.61 Å². The summed E-state index contributed by atoms with van der Waals surface area (Å²) in [7, 11) is 0. The van der Waals surface area contributed by atoms with Crippen LogP contribution >= 0.6 is 0 Å². The number of pyridine rings is 1. The topological polar surface area (TPSA) is 68.2 Å². The Morgan fingerprint density at radius 2 is 2.05 bits per heavy atom. The van der Waals surface area contributed by atoms with Gasteiger partial charge in [0.15, 0.2) is 11.3 Å². The number of nitrogens with zero attached hydrogens (tertiary/aromatic N) is 5. The normalized spacial score (nSPS) is 12.2. The van der Waals surface area contributed by atoms with E-state index in [0.717, 1.165) is 0 Å². The van der Waals surface area contributed by atoms with Crippen LogP contribution in [-0.2, 0) is 19.1 Å². The molecular weight excluding hydrogens is 299 g/mol. The van der Waals surface area contributed by atoms with Crippen LogP contribution in [0.4, 0.5) is 13.2 Å². The zero-order valence-electron chi connectivity index (χ0n) is 11.3. The Hall–Kier alpha value is -2.42. The quantitative estimate of drug-likeness (QED) is 0.793. The van der Waals surface area contributed by atoms with Crippen molar-refractivity contribution < 1.29 is 18.3 Å². The van der Waals surface area contributed by atoms with Crippen molar-refractivity contribution in [3.8, 4) is 0 Å². The highest BCUT2D eigenvalue weighted by molar-refractivity contribution is 5.37. The summed E-state index contributed by atoms with van der Waals surface area (Å²) in [6.45, 7) is -0.247. The molecular formula is C13H12F3N5O. The lowest BCUT2D eigenvalue weighted by Gasteiger charge is -2.05. The van der Waals surface area contributed by atoms with Crippen LogP contribution < -0.4 is 0 Å². The van der Waals surface area contributed by atoms with Crippen LogP contribution in [0.2, 0.25) is 0 Å². The SMILES string of the molecule is OCCc1cn(Cc2cccc3ncnn23)nc1C(F)(F)F. The second-order valence-corrected chi connectivity index (χ2v) is 4.72. The average Bonchev–Trinajstić information content (AvgIpc) is 3.06. The van der Waals surface area contributed by atoms with E-state index < -0.39 is 11.9 Å². The van der Waals surface area contributed by atoms with Crippen molar-refractivity contribution in [2.45, 2.75) is 19.1 Å². The third kappa shape index (κ3) is 2.67. The molecule has 0 radical (unpaired) electrons. The molecule has 0 aliphatic rings. The van der Waals surface area contributed by atoms with E-state index in [0.29, 0.717) is 11.3 Å². The van der Waals surface area contributed by atoms with Crippen LogP contribution in [0, 0.1) is 0 Å². The number of aromatic nitrogens is 5. The molecule has 0 saturated heterocycles. The molecule has 0 bridgehead atoms. The first-order valence-corrected chi connectivity index (χ1v) is 6.51. The molecule has 0 aromatic carbocycles. The van der Waals surface area contributed by atoms with Gasteiger partial charge in [0, 0.05) is 18.4 Å². The van der Waals surface area contributed by atoms with Crippen LogP contribution in [-0.4, -0.2) is 36.1 Å². The number of aliphatic hydroxyl groups is 1. The Morgan fingerprint density at radius 3 is 2.77 bits per heavy atom. The van der Waals surface area contributed by atoms with Gasteiger partial charge in [-0.1, -0.05) is 6.07 Å². The van der Waals surface area contributed by atoms with Crippen molar-refractivity contribution in [2.24, 2.45) is 0 Å². The van der Waals surface area contributed by atoms with Crippen molar-refractivity contribution >= 4 is 5.65 Å². The summed E-state index contributed by atoms with van der Waals surface area (Å²) in [6, 6.07) is 5.24. The van der Waals surface area contributed by atoms with Gasteiger partial charge >= 0.3 is 6.18 Å². The molecule has 1 N–H and O–H groups in total. The number of rotatable bonds is 4. The van der Waals surface area contributed by atoms with Gasteiger partial charge in [0.2, 0.25) is 0 Å². The predicted octanol–water partition coefficient (Wildman–Crippen LogP) is 1.53. The highest BCUT2D eigenvalue weighted by Gasteiger charge is 2.36. The Kier molecular flexibility index (Phi) is 3.57. The van der Waals surface area contributed by atoms with Crippen molar-refractivity contribution in [1.82, 2.24) is 24.4 Å². The minimum Gasteiger partial charge on any atom is -0.396 e. The van der Waals surface area contributed by atoms with Gasteiger partial charge in [-0.2, -0.15) is 23.4 Å². The highest BCUT2D eigenvalue weighted by Crippen LogP contribution is 2.31. The monoisotopic (exact) mass is 311 g/mol. The van der Waals surface area contributed by atoms with Gasteiger partial charge in [-0.25, -0.2) is 9.50 Å². The van der Waals surface area contributed by atoms with Crippen LogP contribution in [0.1, 0.15) is 17.0 Å². The largest absolute Gasteiger partial charge is 0.435 e. The fraction of sp³-hybridized carbons (Fsp3) is 0.308. The average molecular weight is 311 g/mol. The standard InChI is InChI=1S/C13H12F3N5O/c14-13(15,16)12-9(4-5-22)6-20(19-12)7-10-2-1-3-11-17-8-18-21(10)11/h1-3,6,8,22H,4-5,7H2. The van der Waals surface area contributed by atoms with Gasteiger partial charge in [-0.15, -0.1) is 0 Å². The first-order valence-electron chi connectivity index (χ1n) is 6.51. The van der Waals surface area contributed by atoms with Gasteiger partial charge in [0.1, 0.15) is 6.33 Å². The van der Waals surface area contributed by atoms with Gasteiger partial charge in [0.05, 0.1) is 12.2 Å². The van der Waals surface area contributed by atoms with E-state index in [2.05, 4.69) is 15.2 Å². The Labute approximate surface area is 122 Å². The molecule has 0 aliphatic heterocycles. The molecule has 0 saturated carbocycles. The fourth-order valence-corrected chi connectivity index (χ4v) is 2.27. The summed E-state index contributed by atoms with van der Waals surface area (Å²) in [4.78, 5) is 4.02. The van der Waals surface area contributed by atoms with E-state index in [1.165, 1.54) is 17.2 Å². The van der Waals surface area contributed by atoms with Crippen molar-refractivity contribution in [3.05, 3.63) is 47.7 Å². The summed E-state index contributed by atoms with van der Waals surface area (Å²) in [5.41, 5.74) is 0.270. The van der Waals surface area contributed by atoms with E-state index in [-0.39, 0.29) is 25.1 Å². The lowest BCUT2D eigenvalue weighted by molar-refractivity contribution is -0.142. The van der Waals surface area contributed by atoms with E-state index in [1.54, 1.807) is 22.7 Å². The number of aliphatic hydroxyl groups excluding tert-OH is 1. The van der Waals surface area contributed by atoms with Crippen LogP contribution in [0.3, 0.4) is 0 Å². The van der Waals surface area contributed by atoms with Gasteiger partial charge < -0.3 is 5.11 Å². The lowest BCUT2D eigenvalue weighted by Crippen LogP contribution is -2.11. The molecule has 0 unspecified atom stereocenters. The molecule has 116 valence electrons. The van der Waals surface area contributed by atoms with Crippen LogP contribution in [0.5, 0.6) is 0 Å². The molecule has 0 fully saturated rings. The van der Waals surface area contributed by atoms with Crippen molar-refractivity contribution in [1.29, 1.82) is 0 Å². The summed E-state index contributed by atoms with van der Waals surface area (Å²) in [6.07, 6.45) is -1.97. The highest BCUT2D eigenvalue weighted by atomic mass is 19.4. The first-order chi connectivity index (χ1) is 10.5. The second kappa shape index (κ2) is 5.41. The Balaban J connectivity index is 1.97. The Bertz CT molecular complexity index is 792. The molecule has 0 atom stereocenters. The minimum atomic E-state index is -4.55. The maximum absolute atomic E-state index is 12.9. The van der Waals surface area contributed by atoms with Gasteiger partial charge in [-0.05, 0) is 18.6 Å². The molecule has 6 nitrogen and oxygen atoms in total. The smallest absolute Gasteiger partial charge is 0.396 e.